The van der Waals surface area contributed by atoms with Gasteiger partial charge in [0.2, 0.25) is 10.0 Å². The van der Waals surface area contributed by atoms with Gasteiger partial charge in [-0.1, -0.05) is 6.92 Å². The van der Waals surface area contributed by atoms with Crippen LogP contribution in [0.3, 0.4) is 0 Å². The number of methoxy groups -OCH3 is 1. The fraction of sp³-hybridized carbons (Fsp3) is 0.455. The van der Waals surface area contributed by atoms with E-state index in [1.807, 2.05) is 6.92 Å². The number of hydrogen-bond acceptors (Lipinski definition) is 5. The molecule has 0 spiro atoms. The van der Waals surface area contributed by atoms with Crippen molar-refractivity contribution < 1.29 is 13.2 Å². The topological polar surface area (TPSA) is 93.4 Å². The SMILES string of the molecule is CCC(COC)NS(=O)(=O)c1ccc(NN)cc1. The van der Waals surface area contributed by atoms with Gasteiger partial charge in [-0.15, -0.1) is 0 Å². The molecule has 0 bridgehead atoms. The molecule has 0 aromatic heterocycles. The maximum atomic E-state index is 12.1. The van der Waals surface area contributed by atoms with Gasteiger partial charge < -0.3 is 10.2 Å². The fourth-order valence-corrected chi connectivity index (χ4v) is 2.76. The standard InChI is InChI=1S/C11H19N3O3S/c1-3-9(8-17-2)14-18(15,16)11-6-4-10(13-12)5-7-11/h4-7,9,13-14H,3,8,12H2,1-2H3. The number of hydrogen-bond donors (Lipinski definition) is 3. The van der Waals surface area contributed by atoms with Crippen molar-refractivity contribution in [3.8, 4) is 0 Å². The Bertz CT molecular complexity index is 459. The van der Waals surface area contributed by atoms with Crippen molar-refractivity contribution in [1.29, 1.82) is 0 Å². The molecule has 0 amide bonds. The van der Waals surface area contributed by atoms with E-state index in [0.29, 0.717) is 18.7 Å². The van der Waals surface area contributed by atoms with Gasteiger partial charge in [0, 0.05) is 18.8 Å². The lowest BCUT2D eigenvalue weighted by atomic mass is 10.3. The highest BCUT2D eigenvalue weighted by molar-refractivity contribution is 7.89. The Labute approximate surface area is 108 Å². The molecule has 1 aromatic rings. The van der Waals surface area contributed by atoms with Gasteiger partial charge >= 0.3 is 0 Å². The van der Waals surface area contributed by atoms with Crippen molar-refractivity contribution in [3.63, 3.8) is 0 Å². The van der Waals surface area contributed by atoms with Crippen LogP contribution >= 0.6 is 0 Å². The van der Waals surface area contributed by atoms with Gasteiger partial charge in [-0.2, -0.15) is 0 Å². The van der Waals surface area contributed by atoms with Crippen LogP contribution in [0.4, 0.5) is 5.69 Å². The molecule has 4 N–H and O–H groups in total. The van der Waals surface area contributed by atoms with E-state index in [-0.39, 0.29) is 10.9 Å². The number of rotatable bonds is 7. The summed E-state index contributed by atoms with van der Waals surface area (Å²) in [6.45, 7) is 2.24. The summed E-state index contributed by atoms with van der Waals surface area (Å²) in [7, 11) is -1.98. The highest BCUT2D eigenvalue weighted by atomic mass is 32.2. The normalized spacial score (nSPS) is 13.3. The zero-order valence-corrected chi connectivity index (χ0v) is 11.3. The van der Waals surface area contributed by atoms with Crippen LogP contribution in [0.1, 0.15) is 13.3 Å². The number of ether oxygens (including phenoxy) is 1. The van der Waals surface area contributed by atoms with E-state index in [0.717, 1.165) is 0 Å². The average Bonchev–Trinajstić information content (AvgIpc) is 2.38. The molecule has 0 aliphatic carbocycles. The molecule has 1 rings (SSSR count). The highest BCUT2D eigenvalue weighted by Gasteiger charge is 2.18. The summed E-state index contributed by atoms with van der Waals surface area (Å²) in [4.78, 5) is 0.205. The summed E-state index contributed by atoms with van der Waals surface area (Å²) in [5.41, 5.74) is 3.09. The molecule has 0 fully saturated rings. The van der Waals surface area contributed by atoms with Crippen molar-refractivity contribution >= 4 is 15.7 Å². The molecule has 0 saturated carbocycles. The molecule has 0 heterocycles. The molecule has 1 atom stereocenters. The number of anilines is 1. The third-order valence-corrected chi connectivity index (χ3v) is 4.05. The number of nitrogens with one attached hydrogen (secondary N) is 2. The average molecular weight is 273 g/mol. The fourth-order valence-electron chi connectivity index (χ4n) is 1.45. The van der Waals surface area contributed by atoms with Gasteiger partial charge in [-0.25, -0.2) is 13.1 Å². The van der Waals surface area contributed by atoms with Crippen LogP contribution in [-0.2, 0) is 14.8 Å². The van der Waals surface area contributed by atoms with Crippen molar-refractivity contribution in [2.45, 2.75) is 24.3 Å². The third-order valence-electron chi connectivity index (χ3n) is 2.51. The quantitative estimate of drug-likeness (QED) is 0.501. The van der Waals surface area contributed by atoms with E-state index in [9.17, 15) is 8.42 Å². The highest BCUT2D eigenvalue weighted by Crippen LogP contribution is 2.13. The Morgan fingerprint density at radius 2 is 1.94 bits per heavy atom. The van der Waals surface area contributed by atoms with Gasteiger partial charge in [-0.05, 0) is 30.7 Å². The Balaban J connectivity index is 2.84. The first-order valence-electron chi connectivity index (χ1n) is 5.61. The lowest BCUT2D eigenvalue weighted by Gasteiger charge is -2.16. The van der Waals surface area contributed by atoms with Crippen molar-refractivity contribution in [2.24, 2.45) is 5.84 Å². The van der Waals surface area contributed by atoms with Crippen LogP contribution in [0.5, 0.6) is 0 Å². The lowest BCUT2D eigenvalue weighted by Crippen LogP contribution is -2.37. The van der Waals surface area contributed by atoms with E-state index in [4.69, 9.17) is 10.6 Å². The molecule has 0 radical (unpaired) electrons. The first kappa shape index (κ1) is 14.9. The van der Waals surface area contributed by atoms with Crippen LogP contribution in [0.25, 0.3) is 0 Å². The molecular formula is C11H19N3O3S. The molecule has 18 heavy (non-hydrogen) atoms. The minimum atomic E-state index is -3.52. The predicted octanol–water partition coefficient (Wildman–Crippen LogP) is 0.675. The monoisotopic (exact) mass is 273 g/mol. The van der Waals surface area contributed by atoms with E-state index < -0.39 is 10.0 Å². The van der Waals surface area contributed by atoms with E-state index in [1.165, 1.54) is 12.1 Å². The maximum Gasteiger partial charge on any atom is 0.240 e. The van der Waals surface area contributed by atoms with Crippen LogP contribution in [-0.4, -0.2) is 28.2 Å². The second kappa shape index (κ2) is 6.69. The molecule has 102 valence electrons. The maximum absolute atomic E-state index is 12.1. The van der Waals surface area contributed by atoms with Gasteiger partial charge in [0.05, 0.1) is 11.5 Å². The van der Waals surface area contributed by atoms with Crippen LogP contribution in [0.15, 0.2) is 29.2 Å². The first-order valence-corrected chi connectivity index (χ1v) is 7.09. The third kappa shape index (κ3) is 3.95. The molecule has 6 nitrogen and oxygen atoms in total. The number of hydrazine groups is 1. The largest absolute Gasteiger partial charge is 0.383 e. The molecule has 1 unspecified atom stereocenters. The molecule has 7 heteroatoms. The number of nitrogens with two attached hydrogens (primary N) is 1. The predicted molar refractivity (Wildman–Crippen MR) is 70.5 cm³/mol. The van der Waals surface area contributed by atoms with E-state index in [1.54, 1.807) is 19.2 Å². The number of benzene rings is 1. The number of sulfonamides is 1. The van der Waals surface area contributed by atoms with Gasteiger partial charge in [0.1, 0.15) is 0 Å². The van der Waals surface area contributed by atoms with Crippen molar-refractivity contribution in [3.05, 3.63) is 24.3 Å². The summed E-state index contributed by atoms with van der Waals surface area (Å²) in [6, 6.07) is 5.97. The minimum absolute atomic E-state index is 0.205. The van der Waals surface area contributed by atoms with Gasteiger partial charge in [-0.3, -0.25) is 5.84 Å². The Hall–Kier alpha value is -1.15. The second-order valence-electron chi connectivity index (χ2n) is 3.85. The summed E-state index contributed by atoms with van der Waals surface area (Å²) in [5.74, 6) is 5.22. The van der Waals surface area contributed by atoms with Crippen LogP contribution in [0.2, 0.25) is 0 Å². The summed E-state index contributed by atoms with van der Waals surface area (Å²) < 4.78 is 31.7. The zero-order valence-electron chi connectivity index (χ0n) is 10.5. The molecular weight excluding hydrogens is 254 g/mol. The van der Waals surface area contributed by atoms with Crippen molar-refractivity contribution in [2.75, 3.05) is 19.1 Å². The molecule has 0 aliphatic rings. The summed E-state index contributed by atoms with van der Waals surface area (Å²) in [5, 5.41) is 0. The molecule has 1 aromatic carbocycles. The second-order valence-corrected chi connectivity index (χ2v) is 5.56. The minimum Gasteiger partial charge on any atom is -0.383 e. The summed E-state index contributed by atoms with van der Waals surface area (Å²) >= 11 is 0. The summed E-state index contributed by atoms with van der Waals surface area (Å²) in [6.07, 6.45) is 0.662. The van der Waals surface area contributed by atoms with Gasteiger partial charge in [0.25, 0.3) is 0 Å². The van der Waals surface area contributed by atoms with Crippen LogP contribution < -0.4 is 16.0 Å². The molecule has 0 aliphatic heterocycles. The first-order chi connectivity index (χ1) is 8.53. The lowest BCUT2D eigenvalue weighted by molar-refractivity contribution is 0.173. The van der Waals surface area contributed by atoms with Gasteiger partial charge in [0.15, 0.2) is 0 Å². The zero-order chi connectivity index (χ0) is 13.6. The molecule has 0 saturated heterocycles. The Morgan fingerprint density at radius 1 is 1.33 bits per heavy atom. The Morgan fingerprint density at radius 3 is 2.39 bits per heavy atom. The van der Waals surface area contributed by atoms with E-state index in [2.05, 4.69) is 10.1 Å². The van der Waals surface area contributed by atoms with Crippen molar-refractivity contribution in [1.82, 2.24) is 4.72 Å². The van der Waals surface area contributed by atoms with E-state index >= 15 is 0 Å². The smallest absolute Gasteiger partial charge is 0.240 e. The van der Waals surface area contributed by atoms with Crippen LogP contribution in [0, 0.1) is 0 Å². The number of nitrogen functional groups attached to an aromatic ring is 1. The Kier molecular flexibility index (Phi) is 5.54.